The number of aromatic nitrogens is 3. The summed E-state index contributed by atoms with van der Waals surface area (Å²) in [4.78, 5) is 40.2. The Hall–Kier alpha value is -1.90. The van der Waals surface area contributed by atoms with Crippen LogP contribution in [-0.4, -0.2) is 33.1 Å². The predicted molar refractivity (Wildman–Crippen MR) is 97.3 cm³/mol. The molecule has 24 heavy (non-hydrogen) atoms. The second-order valence-corrected chi connectivity index (χ2v) is 5.32. The third-order valence-electron chi connectivity index (χ3n) is 3.55. The van der Waals surface area contributed by atoms with Gasteiger partial charge in [0.05, 0.1) is 5.39 Å². The number of aryl methyl sites for hydroxylation is 1. The van der Waals surface area contributed by atoms with Crippen molar-refractivity contribution in [1.82, 2.24) is 19.4 Å². The van der Waals surface area contributed by atoms with Gasteiger partial charge in [-0.3, -0.25) is 18.7 Å². The summed E-state index contributed by atoms with van der Waals surface area (Å²) < 4.78 is 2.25. The summed E-state index contributed by atoms with van der Waals surface area (Å²) >= 11 is 0. The number of fused-ring (bicyclic) bond motifs is 1. The van der Waals surface area contributed by atoms with Gasteiger partial charge in [-0.25, -0.2) is 9.78 Å². The number of hydrogen-bond donors (Lipinski definition) is 2. The molecule has 0 fully saturated rings. The highest BCUT2D eigenvalue weighted by atomic mass is 35.5. The molecule has 2 rings (SSSR count). The van der Waals surface area contributed by atoms with E-state index < -0.39 is 11.2 Å². The molecule has 0 aliphatic carbocycles. The molecule has 1 amide bonds. The zero-order valence-corrected chi connectivity index (χ0v) is 15.2. The monoisotopic (exact) mass is 377 g/mol. The number of carbonyl (C=O) groups excluding carboxylic acids is 1. The normalized spacial score (nSPS) is 11.3. The van der Waals surface area contributed by atoms with E-state index in [1.165, 1.54) is 30.8 Å². The topological polar surface area (TPSA) is 112 Å². The first-order chi connectivity index (χ1) is 10.4. The number of halogens is 2. The van der Waals surface area contributed by atoms with Crippen LogP contribution in [0.5, 0.6) is 0 Å². The molecule has 3 N–H and O–H groups in total. The van der Waals surface area contributed by atoms with Crippen molar-refractivity contribution in [3.05, 3.63) is 38.7 Å². The SMILES string of the molecule is CC(CN)CNC(=O)c1ccc2c(=O)n(C)c(=O)n(C)c2n1.Cl.Cl. The Balaban J connectivity index is 0.00000264. The fourth-order valence-electron chi connectivity index (χ4n) is 2.02. The van der Waals surface area contributed by atoms with E-state index in [9.17, 15) is 14.4 Å². The minimum Gasteiger partial charge on any atom is -0.350 e. The van der Waals surface area contributed by atoms with Gasteiger partial charge >= 0.3 is 5.69 Å². The number of amides is 1. The molecule has 0 spiro atoms. The molecule has 2 aromatic rings. The van der Waals surface area contributed by atoms with Gasteiger partial charge in [0.2, 0.25) is 0 Å². The number of rotatable bonds is 4. The maximum Gasteiger partial charge on any atom is 0.332 e. The summed E-state index contributed by atoms with van der Waals surface area (Å²) in [6, 6.07) is 2.97. The van der Waals surface area contributed by atoms with Crippen molar-refractivity contribution in [3.8, 4) is 0 Å². The molecule has 8 nitrogen and oxygen atoms in total. The van der Waals surface area contributed by atoms with Crippen LogP contribution in [0.2, 0.25) is 0 Å². The van der Waals surface area contributed by atoms with Crippen molar-refractivity contribution in [2.75, 3.05) is 13.1 Å². The van der Waals surface area contributed by atoms with E-state index in [1.54, 1.807) is 0 Å². The highest BCUT2D eigenvalue weighted by molar-refractivity contribution is 5.94. The van der Waals surface area contributed by atoms with E-state index in [-0.39, 0.29) is 53.4 Å². The lowest BCUT2D eigenvalue weighted by Gasteiger charge is -2.11. The summed E-state index contributed by atoms with van der Waals surface area (Å²) in [5.41, 5.74) is 4.91. The Bertz CT molecular complexity index is 847. The van der Waals surface area contributed by atoms with E-state index in [0.717, 1.165) is 4.57 Å². The number of nitrogens with two attached hydrogens (primary N) is 1. The number of pyridine rings is 1. The average Bonchev–Trinajstić information content (AvgIpc) is 2.54. The first-order valence-corrected chi connectivity index (χ1v) is 6.91. The third-order valence-corrected chi connectivity index (χ3v) is 3.55. The summed E-state index contributed by atoms with van der Waals surface area (Å²) in [5, 5.41) is 3.01. The van der Waals surface area contributed by atoms with Crippen LogP contribution in [0.15, 0.2) is 21.7 Å². The lowest BCUT2D eigenvalue weighted by Crippen LogP contribution is -2.37. The average molecular weight is 378 g/mol. The minimum atomic E-state index is -0.487. The van der Waals surface area contributed by atoms with Gasteiger partial charge in [0.15, 0.2) is 0 Å². The quantitative estimate of drug-likeness (QED) is 0.765. The van der Waals surface area contributed by atoms with Crippen LogP contribution in [0, 0.1) is 5.92 Å². The summed E-state index contributed by atoms with van der Waals surface area (Å²) in [6.45, 7) is 2.82. The Labute approximate surface area is 150 Å². The number of nitrogens with zero attached hydrogens (tertiary/aromatic N) is 3. The van der Waals surface area contributed by atoms with E-state index in [2.05, 4.69) is 10.3 Å². The fourth-order valence-corrected chi connectivity index (χ4v) is 2.02. The smallest absolute Gasteiger partial charge is 0.332 e. The molecule has 2 aromatic heterocycles. The standard InChI is InChI=1S/C14H19N5O3.2ClH/c1-8(6-15)7-16-12(20)10-5-4-9-11(17-10)18(2)14(22)19(3)13(9)21;;/h4-5,8H,6-7,15H2,1-3H3,(H,16,20);2*1H. The van der Waals surface area contributed by atoms with E-state index >= 15 is 0 Å². The molecule has 0 aromatic carbocycles. The van der Waals surface area contributed by atoms with Crippen LogP contribution in [0.4, 0.5) is 0 Å². The van der Waals surface area contributed by atoms with Crippen molar-refractivity contribution in [2.45, 2.75) is 6.92 Å². The van der Waals surface area contributed by atoms with E-state index in [1.807, 2.05) is 6.92 Å². The van der Waals surface area contributed by atoms with E-state index in [4.69, 9.17) is 5.73 Å². The number of carbonyl (C=O) groups is 1. The zero-order chi connectivity index (χ0) is 16.4. The molecule has 0 bridgehead atoms. The lowest BCUT2D eigenvalue weighted by molar-refractivity contribution is 0.0944. The number of hydrogen-bond acceptors (Lipinski definition) is 5. The molecule has 0 radical (unpaired) electrons. The Morgan fingerprint density at radius 2 is 1.88 bits per heavy atom. The van der Waals surface area contributed by atoms with Gasteiger partial charge in [-0.05, 0) is 24.6 Å². The first-order valence-electron chi connectivity index (χ1n) is 6.91. The lowest BCUT2D eigenvalue weighted by atomic mass is 10.2. The molecular formula is C14H21Cl2N5O3. The summed E-state index contributed by atoms with van der Waals surface area (Å²) in [6.07, 6.45) is 0. The van der Waals surface area contributed by atoms with Gasteiger partial charge in [-0.2, -0.15) is 0 Å². The molecule has 0 saturated carbocycles. The Morgan fingerprint density at radius 1 is 1.25 bits per heavy atom. The first kappa shape index (κ1) is 22.1. The Morgan fingerprint density at radius 3 is 2.46 bits per heavy atom. The molecule has 134 valence electrons. The molecule has 0 aliphatic heterocycles. The molecule has 1 atom stereocenters. The predicted octanol–water partition coefficient (Wildman–Crippen LogP) is -0.200. The second-order valence-electron chi connectivity index (χ2n) is 5.32. The van der Waals surface area contributed by atoms with Gasteiger partial charge in [0, 0.05) is 20.6 Å². The fraction of sp³-hybridized carbons (Fsp3) is 0.429. The van der Waals surface area contributed by atoms with Crippen molar-refractivity contribution < 1.29 is 4.79 Å². The Kier molecular flexibility index (Phi) is 8.12. The van der Waals surface area contributed by atoms with Crippen LogP contribution in [0.3, 0.4) is 0 Å². The van der Waals surface area contributed by atoms with Gasteiger partial charge < -0.3 is 11.1 Å². The largest absolute Gasteiger partial charge is 0.350 e. The van der Waals surface area contributed by atoms with Gasteiger partial charge in [-0.1, -0.05) is 6.92 Å². The van der Waals surface area contributed by atoms with Gasteiger partial charge in [-0.15, -0.1) is 24.8 Å². The molecule has 0 saturated heterocycles. The summed E-state index contributed by atoms with van der Waals surface area (Å²) in [7, 11) is 2.91. The van der Waals surface area contributed by atoms with Crippen molar-refractivity contribution >= 4 is 41.8 Å². The van der Waals surface area contributed by atoms with Gasteiger partial charge in [0.1, 0.15) is 11.3 Å². The minimum absolute atomic E-state index is 0. The second kappa shape index (κ2) is 8.81. The maximum absolute atomic E-state index is 12.1. The van der Waals surface area contributed by atoms with Crippen LogP contribution >= 0.6 is 24.8 Å². The van der Waals surface area contributed by atoms with Crippen molar-refractivity contribution in [3.63, 3.8) is 0 Å². The highest BCUT2D eigenvalue weighted by Gasteiger charge is 2.14. The number of nitrogens with one attached hydrogen (secondary N) is 1. The molecule has 0 aliphatic rings. The van der Waals surface area contributed by atoms with Crippen molar-refractivity contribution in [2.24, 2.45) is 25.7 Å². The molecular weight excluding hydrogens is 357 g/mol. The molecule has 1 unspecified atom stereocenters. The third kappa shape index (κ3) is 4.14. The molecule has 2 heterocycles. The van der Waals surface area contributed by atoms with Crippen LogP contribution in [0.25, 0.3) is 11.0 Å². The van der Waals surface area contributed by atoms with Crippen LogP contribution in [-0.2, 0) is 14.1 Å². The van der Waals surface area contributed by atoms with Crippen molar-refractivity contribution in [1.29, 1.82) is 0 Å². The van der Waals surface area contributed by atoms with E-state index in [0.29, 0.717) is 13.1 Å². The summed E-state index contributed by atoms with van der Waals surface area (Å²) in [5.74, 6) is -0.212. The van der Waals surface area contributed by atoms with Crippen LogP contribution < -0.4 is 22.3 Å². The maximum atomic E-state index is 12.1. The molecule has 10 heteroatoms. The zero-order valence-electron chi connectivity index (χ0n) is 13.6. The van der Waals surface area contributed by atoms with Gasteiger partial charge in [0.25, 0.3) is 11.5 Å². The highest BCUT2D eigenvalue weighted by Crippen LogP contribution is 2.06. The van der Waals surface area contributed by atoms with Crippen LogP contribution in [0.1, 0.15) is 17.4 Å².